The standard InChI is InChI=1S/C18H19NO2/c1-3-21-17-7-5-4-6-15(17)10-13-18(20)19-16-11-8-14(2)9-12-16/h4-13H,3H2,1-2H3,(H,19,20)/b13-10+. The Balaban J connectivity index is 2.03. The van der Waals surface area contributed by atoms with Crippen molar-refractivity contribution in [3.05, 3.63) is 65.7 Å². The first-order valence-corrected chi connectivity index (χ1v) is 6.96. The third-order valence-electron chi connectivity index (χ3n) is 2.95. The van der Waals surface area contributed by atoms with Crippen molar-refractivity contribution >= 4 is 17.7 Å². The molecule has 0 aliphatic heterocycles. The van der Waals surface area contributed by atoms with Gasteiger partial charge in [0, 0.05) is 17.3 Å². The van der Waals surface area contributed by atoms with Crippen molar-refractivity contribution in [3.63, 3.8) is 0 Å². The first-order chi connectivity index (χ1) is 10.2. The quantitative estimate of drug-likeness (QED) is 0.840. The van der Waals surface area contributed by atoms with Crippen molar-refractivity contribution < 1.29 is 9.53 Å². The number of ether oxygens (including phenoxy) is 1. The molecule has 1 N–H and O–H groups in total. The SMILES string of the molecule is CCOc1ccccc1/C=C/C(=O)Nc1ccc(C)cc1. The fraction of sp³-hybridized carbons (Fsp3) is 0.167. The smallest absolute Gasteiger partial charge is 0.248 e. The number of anilines is 1. The van der Waals surface area contributed by atoms with Gasteiger partial charge in [-0.1, -0.05) is 35.9 Å². The third kappa shape index (κ3) is 4.49. The van der Waals surface area contributed by atoms with Gasteiger partial charge < -0.3 is 10.1 Å². The highest BCUT2D eigenvalue weighted by Gasteiger charge is 2.01. The molecule has 0 atom stereocenters. The predicted octanol–water partition coefficient (Wildman–Crippen LogP) is 4.05. The Morgan fingerprint density at radius 2 is 1.86 bits per heavy atom. The van der Waals surface area contributed by atoms with Gasteiger partial charge >= 0.3 is 0 Å². The summed E-state index contributed by atoms with van der Waals surface area (Å²) in [5, 5.41) is 2.82. The third-order valence-corrected chi connectivity index (χ3v) is 2.95. The summed E-state index contributed by atoms with van der Waals surface area (Å²) in [5.41, 5.74) is 2.83. The largest absolute Gasteiger partial charge is 0.493 e. The number of nitrogens with one attached hydrogen (secondary N) is 1. The average Bonchev–Trinajstić information content (AvgIpc) is 2.49. The minimum absolute atomic E-state index is 0.162. The van der Waals surface area contributed by atoms with Gasteiger partial charge in [0.2, 0.25) is 5.91 Å². The highest BCUT2D eigenvalue weighted by molar-refractivity contribution is 6.02. The van der Waals surface area contributed by atoms with Gasteiger partial charge in [0.15, 0.2) is 0 Å². The van der Waals surface area contributed by atoms with Crippen LogP contribution in [0.25, 0.3) is 6.08 Å². The van der Waals surface area contributed by atoms with Crippen LogP contribution in [-0.2, 0) is 4.79 Å². The normalized spacial score (nSPS) is 10.6. The summed E-state index contributed by atoms with van der Waals surface area (Å²) in [6, 6.07) is 15.3. The van der Waals surface area contributed by atoms with Crippen molar-refractivity contribution in [1.82, 2.24) is 0 Å². The van der Waals surface area contributed by atoms with Crippen molar-refractivity contribution in [1.29, 1.82) is 0 Å². The van der Waals surface area contributed by atoms with E-state index >= 15 is 0 Å². The van der Waals surface area contributed by atoms with Crippen molar-refractivity contribution in [3.8, 4) is 5.75 Å². The summed E-state index contributed by atoms with van der Waals surface area (Å²) in [6.07, 6.45) is 3.27. The first kappa shape index (κ1) is 14.9. The van der Waals surface area contributed by atoms with Crippen LogP contribution in [0.1, 0.15) is 18.1 Å². The predicted molar refractivity (Wildman–Crippen MR) is 86.5 cm³/mol. The molecule has 0 spiro atoms. The van der Waals surface area contributed by atoms with Gasteiger partial charge in [0.25, 0.3) is 0 Å². The van der Waals surface area contributed by atoms with Gasteiger partial charge in [-0.3, -0.25) is 4.79 Å². The van der Waals surface area contributed by atoms with E-state index in [4.69, 9.17) is 4.74 Å². The van der Waals surface area contributed by atoms with Gasteiger partial charge in [-0.2, -0.15) is 0 Å². The lowest BCUT2D eigenvalue weighted by Crippen LogP contribution is -2.07. The summed E-state index contributed by atoms with van der Waals surface area (Å²) in [7, 11) is 0. The van der Waals surface area contributed by atoms with E-state index < -0.39 is 0 Å². The van der Waals surface area contributed by atoms with Gasteiger partial charge in [-0.25, -0.2) is 0 Å². The Kier molecular flexibility index (Phi) is 5.16. The fourth-order valence-electron chi connectivity index (χ4n) is 1.89. The zero-order valence-corrected chi connectivity index (χ0v) is 12.3. The van der Waals surface area contributed by atoms with Crippen LogP contribution in [0, 0.1) is 6.92 Å². The molecule has 3 heteroatoms. The zero-order chi connectivity index (χ0) is 15.1. The number of aryl methyl sites for hydroxylation is 1. The maximum absolute atomic E-state index is 11.9. The van der Waals surface area contributed by atoms with Crippen molar-refractivity contribution in [2.24, 2.45) is 0 Å². The highest BCUT2D eigenvalue weighted by Crippen LogP contribution is 2.19. The first-order valence-electron chi connectivity index (χ1n) is 6.96. The Morgan fingerprint density at radius 3 is 2.57 bits per heavy atom. The Morgan fingerprint density at radius 1 is 1.14 bits per heavy atom. The van der Waals surface area contributed by atoms with E-state index in [2.05, 4.69) is 5.32 Å². The van der Waals surface area contributed by atoms with Gasteiger partial charge in [-0.15, -0.1) is 0 Å². The highest BCUT2D eigenvalue weighted by atomic mass is 16.5. The summed E-state index contributed by atoms with van der Waals surface area (Å²) in [6.45, 7) is 4.54. The van der Waals surface area contributed by atoms with Crippen molar-refractivity contribution in [2.45, 2.75) is 13.8 Å². The maximum Gasteiger partial charge on any atom is 0.248 e. The lowest BCUT2D eigenvalue weighted by Gasteiger charge is -2.06. The molecule has 2 aromatic rings. The van der Waals surface area contributed by atoms with Crippen LogP contribution in [0.15, 0.2) is 54.6 Å². The molecule has 2 rings (SSSR count). The molecule has 3 nitrogen and oxygen atoms in total. The number of carbonyl (C=O) groups is 1. The molecule has 2 aromatic carbocycles. The fourth-order valence-corrected chi connectivity index (χ4v) is 1.89. The molecular weight excluding hydrogens is 262 g/mol. The van der Waals surface area contributed by atoms with E-state index in [1.54, 1.807) is 6.08 Å². The van der Waals surface area contributed by atoms with Crippen LogP contribution >= 0.6 is 0 Å². The summed E-state index contributed by atoms with van der Waals surface area (Å²) >= 11 is 0. The molecule has 0 fully saturated rings. The second-order valence-corrected chi connectivity index (χ2v) is 4.66. The van der Waals surface area contributed by atoms with Gasteiger partial charge in [-0.05, 0) is 38.1 Å². The Bertz CT molecular complexity index is 630. The lowest BCUT2D eigenvalue weighted by atomic mass is 10.2. The summed E-state index contributed by atoms with van der Waals surface area (Å²) < 4.78 is 5.52. The molecule has 21 heavy (non-hydrogen) atoms. The maximum atomic E-state index is 11.9. The van der Waals surface area contributed by atoms with Crippen LogP contribution in [0.4, 0.5) is 5.69 Å². The summed E-state index contributed by atoms with van der Waals surface area (Å²) in [4.78, 5) is 11.9. The second kappa shape index (κ2) is 7.29. The second-order valence-electron chi connectivity index (χ2n) is 4.66. The minimum atomic E-state index is -0.162. The molecule has 0 bridgehead atoms. The monoisotopic (exact) mass is 281 g/mol. The average molecular weight is 281 g/mol. The van der Waals surface area contributed by atoms with E-state index in [0.717, 1.165) is 22.6 Å². The number of rotatable bonds is 5. The molecule has 0 radical (unpaired) electrons. The molecular formula is C18H19NO2. The van der Waals surface area contributed by atoms with E-state index in [1.807, 2.05) is 62.4 Å². The molecule has 0 saturated heterocycles. The molecule has 108 valence electrons. The Hall–Kier alpha value is -2.55. The van der Waals surface area contributed by atoms with Crippen LogP contribution < -0.4 is 10.1 Å². The van der Waals surface area contributed by atoms with E-state index in [0.29, 0.717) is 6.61 Å². The molecule has 1 amide bonds. The van der Waals surface area contributed by atoms with Gasteiger partial charge in [0.1, 0.15) is 5.75 Å². The molecule has 0 aliphatic rings. The minimum Gasteiger partial charge on any atom is -0.493 e. The van der Waals surface area contributed by atoms with Crippen LogP contribution in [0.2, 0.25) is 0 Å². The number of hydrogen-bond acceptors (Lipinski definition) is 2. The number of carbonyl (C=O) groups excluding carboxylic acids is 1. The number of benzene rings is 2. The summed E-state index contributed by atoms with van der Waals surface area (Å²) in [5.74, 6) is 0.615. The molecule has 0 saturated carbocycles. The van der Waals surface area contributed by atoms with E-state index in [9.17, 15) is 4.79 Å². The Labute approximate surface area is 125 Å². The van der Waals surface area contributed by atoms with Crippen LogP contribution in [0.5, 0.6) is 5.75 Å². The van der Waals surface area contributed by atoms with E-state index in [1.165, 1.54) is 6.08 Å². The zero-order valence-electron chi connectivity index (χ0n) is 12.3. The van der Waals surface area contributed by atoms with Crippen molar-refractivity contribution in [2.75, 3.05) is 11.9 Å². The number of amides is 1. The number of para-hydroxylation sites is 1. The molecule has 0 aromatic heterocycles. The lowest BCUT2D eigenvalue weighted by molar-refractivity contribution is -0.111. The van der Waals surface area contributed by atoms with Crippen LogP contribution in [-0.4, -0.2) is 12.5 Å². The van der Waals surface area contributed by atoms with E-state index in [-0.39, 0.29) is 5.91 Å². The topological polar surface area (TPSA) is 38.3 Å². The molecule has 0 heterocycles. The number of hydrogen-bond donors (Lipinski definition) is 1. The van der Waals surface area contributed by atoms with Gasteiger partial charge in [0.05, 0.1) is 6.61 Å². The molecule has 0 unspecified atom stereocenters. The molecule has 0 aliphatic carbocycles. The van der Waals surface area contributed by atoms with Crippen LogP contribution in [0.3, 0.4) is 0 Å².